The zero-order valence-corrected chi connectivity index (χ0v) is 20.8. The molecule has 0 N–H and O–H groups in total. The first-order valence-electron chi connectivity index (χ1n) is 10.8. The highest BCUT2D eigenvalue weighted by molar-refractivity contribution is 7.07. The number of carbonyl (C=O) groups excluding carboxylic acids is 1. The van der Waals surface area contributed by atoms with Gasteiger partial charge in [0.05, 0.1) is 30.0 Å². The molecule has 1 aliphatic rings. The molecule has 8 heteroatoms. The van der Waals surface area contributed by atoms with Crippen molar-refractivity contribution in [2.45, 2.75) is 13.0 Å². The number of ether oxygens (including phenoxy) is 2. The van der Waals surface area contributed by atoms with Crippen molar-refractivity contribution in [2.24, 2.45) is 4.99 Å². The van der Waals surface area contributed by atoms with Crippen LogP contribution in [0.3, 0.4) is 0 Å². The predicted octanol–water partition coefficient (Wildman–Crippen LogP) is 4.22. The Bertz CT molecular complexity index is 1700. The van der Waals surface area contributed by atoms with Gasteiger partial charge in [-0.25, -0.2) is 9.79 Å². The number of allylic oxidation sites excluding steroid dienone is 1. The maximum atomic E-state index is 13.8. The summed E-state index contributed by atoms with van der Waals surface area (Å²) in [7, 11) is 2.84. The first-order chi connectivity index (χ1) is 16.9. The topological polar surface area (TPSA) is 69.9 Å². The number of halogens is 1. The molecule has 1 aliphatic heterocycles. The van der Waals surface area contributed by atoms with Crippen molar-refractivity contribution in [3.05, 3.63) is 108 Å². The lowest BCUT2D eigenvalue weighted by atomic mass is 9.95. The van der Waals surface area contributed by atoms with E-state index in [2.05, 4.69) is 4.99 Å². The van der Waals surface area contributed by atoms with E-state index in [1.54, 1.807) is 25.1 Å². The van der Waals surface area contributed by atoms with Crippen LogP contribution in [0.15, 0.2) is 81.7 Å². The van der Waals surface area contributed by atoms with Gasteiger partial charge >= 0.3 is 5.97 Å². The molecule has 4 aromatic rings. The van der Waals surface area contributed by atoms with Crippen molar-refractivity contribution >= 4 is 45.8 Å². The fourth-order valence-corrected chi connectivity index (χ4v) is 5.64. The number of hydrogen-bond donors (Lipinski definition) is 0. The molecule has 5 rings (SSSR count). The summed E-state index contributed by atoms with van der Waals surface area (Å²) in [6.07, 6.45) is 1.87. The standard InChI is InChI=1S/C27H21ClN2O4S/c1-15-23(26(32)34-3)24(20-14-18(28)11-12-21(20)33-2)30-25(31)22(35-27(30)29-15)13-17-9-6-8-16-7-4-5-10-19(16)17/h4-14,24H,1-3H3/b22-13-/t24-/m1/s1. The van der Waals surface area contributed by atoms with E-state index in [-0.39, 0.29) is 11.1 Å². The molecule has 1 aromatic heterocycles. The van der Waals surface area contributed by atoms with Gasteiger partial charge in [0.25, 0.3) is 5.56 Å². The molecule has 0 aliphatic carbocycles. The van der Waals surface area contributed by atoms with Gasteiger partial charge in [0.15, 0.2) is 4.80 Å². The van der Waals surface area contributed by atoms with Gasteiger partial charge in [0.2, 0.25) is 0 Å². The third-order valence-corrected chi connectivity index (χ3v) is 7.24. The van der Waals surface area contributed by atoms with Crippen LogP contribution in [-0.4, -0.2) is 24.8 Å². The molecular formula is C27H21ClN2O4S. The van der Waals surface area contributed by atoms with Gasteiger partial charge in [-0.15, -0.1) is 0 Å². The van der Waals surface area contributed by atoms with Crippen molar-refractivity contribution in [3.63, 3.8) is 0 Å². The van der Waals surface area contributed by atoms with Crippen molar-refractivity contribution in [2.75, 3.05) is 14.2 Å². The van der Waals surface area contributed by atoms with E-state index in [0.717, 1.165) is 16.3 Å². The minimum absolute atomic E-state index is 0.261. The normalized spacial score (nSPS) is 15.7. The van der Waals surface area contributed by atoms with Crippen LogP contribution in [0.4, 0.5) is 0 Å². The smallest absolute Gasteiger partial charge is 0.338 e. The average molecular weight is 505 g/mol. The van der Waals surface area contributed by atoms with Gasteiger partial charge in [-0.3, -0.25) is 9.36 Å². The molecule has 0 radical (unpaired) electrons. The molecular weight excluding hydrogens is 484 g/mol. The number of fused-ring (bicyclic) bond motifs is 2. The van der Waals surface area contributed by atoms with Crippen LogP contribution in [0.5, 0.6) is 5.75 Å². The van der Waals surface area contributed by atoms with Gasteiger partial charge in [0, 0.05) is 10.6 Å². The summed E-state index contributed by atoms with van der Waals surface area (Å²) < 4.78 is 12.7. The Labute approximate surface area is 210 Å². The number of nitrogens with zero attached hydrogens (tertiary/aromatic N) is 2. The van der Waals surface area contributed by atoms with Crippen LogP contribution >= 0.6 is 22.9 Å². The number of methoxy groups -OCH3 is 2. The van der Waals surface area contributed by atoms with Gasteiger partial charge in [-0.1, -0.05) is 65.4 Å². The summed E-state index contributed by atoms with van der Waals surface area (Å²) in [4.78, 5) is 31.8. The number of thiazole rings is 1. The minimum atomic E-state index is -0.804. The Hall–Kier alpha value is -3.68. The van der Waals surface area contributed by atoms with Crippen LogP contribution in [0.2, 0.25) is 5.02 Å². The number of benzene rings is 3. The van der Waals surface area contributed by atoms with E-state index in [9.17, 15) is 9.59 Å². The van der Waals surface area contributed by atoms with Crippen LogP contribution in [0, 0.1) is 0 Å². The number of esters is 1. The molecule has 176 valence electrons. The summed E-state index contributed by atoms with van der Waals surface area (Å²) in [5, 5.41) is 2.58. The zero-order valence-electron chi connectivity index (χ0n) is 19.2. The second kappa shape index (κ2) is 9.17. The molecule has 6 nitrogen and oxygen atoms in total. The van der Waals surface area contributed by atoms with Crippen LogP contribution < -0.4 is 19.6 Å². The lowest BCUT2D eigenvalue weighted by molar-refractivity contribution is -0.136. The summed E-state index contributed by atoms with van der Waals surface area (Å²) in [6, 6.07) is 18.3. The molecule has 0 bridgehead atoms. The second-order valence-electron chi connectivity index (χ2n) is 8.03. The molecule has 0 spiro atoms. The third-order valence-electron chi connectivity index (χ3n) is 6.02. The van der Waals surface area contributed by atoms with Gasteiger partial charge in [-0.05, 0) is 47.5 Å². The van der Waals surface area contributed by atoms with Gasteiger partial charge < -0.3 is 9.47 Å². The molecule has 35 heavy (non-hydrogen) atoms. The first kappa shape index (κ1) is 23.1. The molecule has 0 saturated heterocycles. The highest BCUT2D eigenvalue weighted by atomic mass is 35.5. The largest absolute Gasteiger partial charge is 0.496 e. The number of carbonyl (C=O) groups is 1. The van der Waals surface area contributed by atoms with Crippen molar-refractivity contribution < 1.29 is 14.3 Å². The lowest BCUT2D eigenvalue weighted by Gasteiger charge is -2.25. The molecule has 2 heterocycles. The second-order valence-corrected chi connectivity index (χ2v) is 9.47. The first-order valence-corrected chi connectivity index (χ1v) is 12.0. The monoisotopic (exact) mass is 504 g/mol. The van der Waals surface area contributed by atoms with Gasteiger partial charge in [0.1, 0.15) is 11.8 Å². The van der Waals surface area contributed by atoms with Crippen molar-refractivity contribution in [1.82, 2.24) is 4.57 Å². The van der Waals surface area contributed by atoms with E-state index >= 15 is 0 Å². The predicted molar refractivity (Wildman–Crippen MR) is 138 cm³/mol. The van der Waals surface area contributed by atoms with E-state index in [1.807, 2.05) is 48.5 Å². The highest BCUT2D eigenvalue weighted by Crippen LogP contribution is 2.37. The van der Waals surface area contributed by atoms with Gasteiger partial charge in [-0.2, -0.15) is 0 Å². The Morgan fingerprint density at radius 2 is 1.89 bits per heavy atom. The third kappa shape index (κ3) is 3.96. The average Bonchev–Trinajstić information content (AvgIpc) is 3.17. The maximum Gasteiger partial charge on any atom is 0.338 e. The minimum Gasteiger partial charge on any atom is -0.496 e. The number of rotatable bonds is 4. The fourth-order valence-electron chi connectivity index (χ4n) is 4.42. The Morgan fingerprint density at radius 3 is 2.66 bits per heavy atom. The maximum absolute atomic E-state index is 13.8. The SMILES string of the molecule is COC(=O)C1=C(C)N=c2s/c(=C\c3cccc4ccccc34)c(=O)n2[C@@H]1c1cc(Cl)ccc1OC. The fraction of sp³-hybridized carbons (Fsp3) is 0.148. The zero-order chi connectivity index (χ0) is 24.7. The van der Waals surface area contributed by atoms with Crippen LogP contribution in [0.1, 0.15) is 24.1 Å². The highest BCUT2D eigenvalue weighted by Gasteiger charge is 2.35. The summed E-state index contributed by atoms with van der Waals surface area (Å²) in [6.45, 7) is 1.73. The van der Waals surface area contributed by atoms with Crippen LogP contribution in [0.25, 0.3) is 16.8 Å². The molecule has 1 atom stereocenters. The Balaban J connectivity index is 1.81. The molecule has 0 saturated carbocycles. The van der Waals surface area contributed by atoms with Crippen molar-refractivity contribution in [1.29, 1.82) is 0 Å². The Kier molecular flexibility index (Phi) is 6.05. The Morgan fingerprint density at radius 1 is 1.11 bits per heavy atom. The molecule has 0 amide bonds. The summed E-state index contributed by atoms with van der Waals surface area (Å²) in [5.41, 5.74) is 1.98. The van der Waals surface area contributed by atoms with E-state index in [0.29, 0.717) is 31.4 Å². The van der Waals surface area contributed by atoms with E-state index < -0.39 is 12.0 Å². The molecule has 0 unspecified atom stereocenters. The summed E-state index contributed by atoms with van der Waals surface area (Å²) in [5.74, 6) is -0.0688. The lowest BCUT2D eigenvalue weighted by Crippen LogP contribution is -2.40. The van der Waals surface area contributed by atoms with Crippen LogP contribution in [-0.2, 0) is 9.53 Å². The molecule has 0 fully saturated rings. The van der Waals surface area contributed by atoms with E-state index in [1.165, 1.54) is 30.1 Å². The quantitative estimate of drug-likeness (QED) is 0.390. The number of hydrogen-bond acceptors (Lipinski definition) is 6. The van der Waals surface area contributed by atoms with E-state index in [4.69, 9.17) is 21.1 Å². The summed E-state index contributed by atoms with van der Waals surface area (Å²) >= 11 is 7.60. The van der Waals surface area contributed by atoms with Crippen molar-refractivity contribution in [3.8, 4) is 5.75 Å². The number of aromatic nitrogens is 1. The molecule has 3 aromatic carbocycles.